The monoisotopic (exact) mass is 386 g/mol. The van der Waals surface area contributed by atoms with Gasteiger partial charge in [-0.15, -0.1) is 11.3 Å². The second-order valence-electron chi connectivity index (χ2n) is 6.37. The number of benzene rings is 2. The number of phenols is 1. The molecule has 1 aliphatic rings. The van der Waals surface area contributed by atoms with Gasteiger partial charge in [-0.25, -0.2) is 13.4 Å². The molecule has 1 N–H and O–H groups in total. The van der Waals surface area contributed by atoms with Gasteiger partial charge in [0.25, 0.3) is 0 Å². The fourth-order valence-corrected chi connectivity index (χ4v) is 5.04. The zero-order valence-electron chi connectivity index (χ0n) is 14.2. The molecule has 5 nitrogen and oxygen atoms in total. The molecular weight excluding hydrogens is 368 g/mol. The van der Waals surface area contributed by atoms with Crippen LogP contribution in [0.1, 0.15) is 12.0 Å². The van der Waals surface area contributed by atoms with Gasteiger partial charge < -0.3 is 5.11 Å². The summed E-state index contributed by atoms with van der Waals surface area (Å²) in [5.74, 6) is 0.232. The molecule has 4 rings (SSSR count). The second kappa shape index (κ2) is 6.41. The molecule has 0 aliphatic carbocycles. The van der Waals surface area contributed by atoms with E-state index in [0.717, 1.165) is 45.9 Å². The molecule has 26 heavy (non-hydrogen) atoms. The van der Waals surface area contributed by atoms with Crippen molar-refractivity contribution in [2.75, 3.05) is 17.1 Å². The number of hydrogen-bond donors (Lipinski definition) is 1. The Labute approximate surface area is 156 Å². The summed E-state index contributed by atoms with van der Waals surface area (Å²) >= 11 is 1.55. The van der Waals surface area contributed by atoms with Gasteiger partial charge in [-0.2, -0.15) is 0 Å². The van der Waals surface area contributed by atoms with Crippen LogP contribution in [0.2, 0.25) is 0 Å². The van der Waals surface area contributed by atoms with Crippen molar-refractivity contribution in [3.8, 4) is 27.6 Å². The largest absolute Gasteiger partial charge is 0.508 e. The summed E-state index contributed by atoms with van der Waals surface area (Å²) in [4.78, 5) is 4.70. The zero-order valence-corrected chi connectivity index (χ0v) is 15.8. The van der Waals surface area contributed by atoms with Crippen molar-refractivity contribution in [2.45, 2.75) is 12.8 Å². The highest BCUT2D eigenvalue weighted by Crippen LogP contribution is 2.35. The average molecular weight is 386 g/mol. The van der Waals surface area contributed by atoms with E-state index in [4.69, 9.17) is 4.98 Å². The Kier molecular flexibility index (Phi) is 4.20. The van der Waals surface area contributed by atoms with Crippen molar-refractivity contribution in [1.82, 2.24) is 4.98 Å². The summed E-state index contributed by atoms with van der Waals surface area (Å²) < 4.78 is 25.5. The third-order valence-corrected chi connectivity index (χ3v) is 6.54. The van der Waals surface area contributed by atoms with E-state index in [-0.39, 0.29) is 5.75 Å². The van der Waals surface area contributed by atoms with Gasteiger partial charge in [-0.05, 0) is 54.8 Å². The number of rotatable bonds is 3. The summed E-state index contributed by atoms with van der Waals surface area (Å²) in [6.07, 6.45) is 2.93. The number of sulfonamides is 1. The van der Waals surface area contributed by atoms with Crippen molar-refractivity contribution >= 4 is 27.0 Å². The van der Waals surface area contributed by atoms with Crippen LogP contribution in [0.5, 0.6) is 5.75 Å². The average Bonchev–Trinajstić information content (AvgIpc) is 3.10. The first-order valence-electron chi connectivity index (χ1n) is 8.28. The molecule has 1 aromatic heterocycles. The number of thiazole rings is 1. The van der Waals surface area contributed by atoms with E-state index in [9.17, 15) is 13.5 Å². The van der Waals surface area contributed by atoms with Crippen molar-refractivity contribution in [3.05, 3.63) is 53.4 Å². The topological polar surface area (TPSA) is 70.5 Å². The minimum Gasteiger partial charge on any atom is -0.508 e. The van der Waals surface area contributed by atoms with Crippen molar-refractivity contribution in [1.29, 1.82) is 0 Å². The van der Waals surface area contributed by atoms with Gasteiger partial charge in [0.05, 0.1) is 17.6 Å². The van der Waals surface area contributed by atoms with E-state index in [1.807, 2.05) is 35.7 Å². The Bertz CT molecular complexity index is 1060. The maximum atomic E-state index is 12.0. The lowest BCUT2D eigenvalue weighted by Gasteiger charge is -2.29. The minimum atomic E-state index is -3.25. The molecule has 2 aromatic carbocycles. The lowest BCUT2D eigenvalue weighted by molar-refractivity contribution is 0.475. The fourth-order valence-electron chi connectivity index (χ4n) is 3.21. The number of aromatic hydroxyl groups is 1. The van der Waals surface area contributed by atoms with Crippen LogP contribution in [0.15, 0.2) is 47.8 Å². The first-order chi connectivity index (χ1) is 12.4. The number of hydrogen-bond acceptors (Lipinski definition) is 5. The Morgan fingerprint density at radius 2 is 1.85 bits per heavy atom. The van der Waals surface area contributed by atoms with Crippen molar-refractivity contribution in [2.24, 2.45) is 0 Å². The molecule has 0 unspecified atom stereocenters. The number of fused-ring (bicyclic) bond motifs is 1. The van der Waals surface area contributed by atoms with Crippen LogP contribution >= 0.6 is 11.3 Å². The van der Waals surface area contributed by atoms with E-state index < -0.39 is 10.0 Å². The molecule has 0 amide bonds. The number of anilines is 1. The van der Waals surface area contributed by atoms with Crippen LogP contribution in [0, 0.1) is 0 Å². The molecule has 7 heteroatoms. The lowest BCUT2D eigenvalue weighted by atomic mass is 10.00. The summed E-state index contributed by atoms with van der Waals surface area (Å²) in [5, 5.41) is 12.3. The highest BCUT2D eigenvalue weighted by Gasteiger charge is 2.24. The summed E-state index contributed by atoms with van der Waals surface area (Å²) in [6, 6.07) is 12.8. The predicted molar refractivity (Wildman–Crippen MR) is 105 cm³/mol. The molecule has 1 aliphatic heterocycles. The van der Waals surface area contributed by atoms with Crippen LogP contribution < -0.4 is 4.31 Å². The van der Waals surface area contributed by atoms with Gasteiger partial charge >= 0.3 is 0 Å². The van der Waals surface area contributed by atoms with Gasteiger partial charge in [0.15, 0.2) is 0 Å². The molecule has 0 bridgehead atoms. The molecule has 3 aromatic rings. The fraction of sp³-hybridized carbons (Fsp3) is 0.211. The Morgan fingerprint density at radius 1 is 1.12 bits per heavy atom. The predicted octanol–water partition coefficient (Wildman–Crippen LogP) is 3.89. The van der Waals surface area contributed by atoms with E-state index in [1.54, 1.807) is 23.5 Å². The van der Waals surface area contributed by atoms with E-state index >= 15 is 0 Å². The quantitative estimate of drug-likeness (QED) is 0.741. The highest BCUT2D eigenvalue weighted by atomic mass is 32.2. The van der Waals surface area contributed by atoms with E-state index in [0.29, 0.717) is 6.54 Å². The number of aromatic nitrogens is 1. The maximum Gasteiger partial charge on any atom is 0.232 e. The van der Waals surface area contributed by atoms with Crippen molar-refractivity contribution < 1.29 is 13.5 Å². The third kappa shape index (κ3) is 3.20. The van der Waals surface area contributed by atoms with Crippen LogP contribution in [0.3, 0.4) is 0 Å². The van der Waals surface area contributed by atoms with Gasteiger partial charge in [0, 0.05) is 23.1 Å². The Hall–Kier alpha value is -2.38. The normalized spacial score (nSPS) is 14.3. The zero-order chi connectivity index (χ0) is 18.3. The minimum absolute atomic E-state index is 0.232. The first kappa shape index (κ1) is 17.1. The summed E-state index contributed by atoms with van der Waals surface area (Å²) in [6.45, 7) is 0.535. The van der Waals surface area contributed by atoms with E-state index in [1.165, 1.54) is 10.6 Å². The summed E-state index contributed by atoms with van der Waals surface area (Å²) in [7, 11) is -3.25. The second-order valence-corrected chi connectivity index (χ2v) is 9.13. The first-order valence-corrected chi connectivity index (χ1v) is 11.0. The van der Waals surface area contributed by atoms with Crippen LogP contribution in [0.4, 0.5) is 5.69 Å². The molecule has 0 spiro atoms. The number of aryl methyl sites for hydroxylation is 1. The van der Waals surface area contributed by atoms with Gasteiger partial charge in [0.2, 0.25) is 10.0 Å². The lowest BCUT2D eigenvalue weighted by Crippen LogP contribution is -2.34. The molecule has 134 valence electrons. The third-order valence-electron chi connectivity index (χ3n) is 4.47. The Balaban J connectivity index is 1.69. The van der Waals surface area contributed by atoms with Crippen LogP contribution in [-0.2, 0) is 16.4 Å². The van der Waals surface area contributed by atoms with Gasteiger partial charge in [-0.1, -0.05) is 6.07 Å². The van der Waals surface area contributed by atoms with Gasteiger partial charge in [0.1, 0.15) is 10.8 Å². The van der Waals surface area contributed by atoms with Crippen LogP contribution in [0.25, 0.3) is 21.8 Å². The number of phenolic OH excluding ortho intramolecular Hbond substituents is 1. The molecule has 0 saturated carbocycles. The molecule has 0 fully saturated rings. The van der Waals surface area contributed by atoms with E-state index in [2.05, 4.69) is 0 Å². The molecule has 0 saturated heterocycles. The van der Waals surface area contributed by atoms with Crippen molar-refractivity contribution in [3.63, 3.8) is 0 Å². The molecule has 2 heterocycles. The molecular formula is C19H18N2O3S2. The highest BCUT2D eigenvalue weighted by molar-refractivity contribution is 7.92. The standard InChI is InChI=1S/C19H18N2O3S2/c1-26(23,24)21-10-2-3-15-11-14(6-9-18(15)21)17-12-25-19(20-17)13-4-7-16(22)8-5-13/h4-9,11-12,22H,2-3,10H2,1H3. The Morgan fingerprint density at radius 3 is 2.58 bits per heavy atom. The smallest absolute Gasteiger partial charge is 0.232 e. The van der Waals surface area contributed by atoms with Crippen LogP contribution in [-0.4, -0.2) is 31.3 Å². The maximum absolute atomic E-state index is 12.0. The molecule has 0 atom stereocenters. The molecule has 0 radical (unpaired) electrons. The van der Waals surface area contributed by atoms with Gasteiger partial charge in [-0.3, -0.25) is 4.31 Å². The number of nitrogens with zero attached hydrogens (tertiary/aromatic N) is 2. The SMILES string of the molecule is CS(=O)(=O)N1CCCc2cc(-c3csc(-c4ccc(O)cc4)n3)ccc21. The summed E-state index contributed by atoms with van der Waals surface area (Å²) in [5.41, 5.74) is 4.63.